The number of likely N-dealkylation sites (tertiary alicyclic amines) is 1. The zero-order valence-electron chi connectivity index (χ0n) is 13.4. The molecule has 1 N–H and O–H groups in total. The number of amides is 2. The summed E-state index contributed by atoms with van der Waals surface area (Å²) in [5.74, 6) is 1.43. The molecule has 1 heterocycles. The molecule has 2 aliphatic rings. The molecular formula is C16H28N2O2S. The number of hydrogen-bond donors (Lipinski definition) is 1. The van der Waals surface area contributed by atoms with Crippen molar-refractivity contribution in [1.29, 1.82) is 0 Å². The van der Waals surface area contributed by atoms with Crippen LogP contribution in [-0.2, 0) is 9.59 Å². The number of hydrogen-bond acceptors (Lipinski definition) is 3. The Hall–Kier alpha value is -0.710. The summed E-state index contributed by atoms with van der Waals surface area (Å²) in [5.41, 5.74) is 0. The van der Waals surface area contributed by atoms with Gasteiger partial charge in [-0.1, -0.05) is 27.2 Å². The molecule has 0 radical (unpaired) electrons. The fourth-order valence-electron chi connectivity index (χ4n) is 3.54. The summed E-state index contributed by atoms with van der Waals surface area (Å²) in [6.07, 6.45) is 4.93. The number of rotatable bonds is 6. The molecule has 3 atom stereocenters. The highest BCUT2D eigenvalue weighted by Gasteiger charge is 2.37. The molecular weight excluding hydrogens is 284 g/mol. The lowest BCUT2D eigenvalue weighted by Gasteiger charge is -2.32. The van der Waals surface area contributed by atoms with Crippen molar-refractivity contribution in [3.63, 3.8) is 0 Å². The minimum absolute atomic E-state index is 0.0499. The molecule has 4 nitrogen and oxygen atoms in total. The minimum atomic E-state index is -0.298. The van der Waals surface area contributed by atoms with Gasteiger partial charge in [0.15, 0.2) is 0 Å². The van der Waals surface area contributed by atoms with Crippen molar-refractivity contribution in [3.8, 4) is 0 Å². The summed E-state index contributed by atoms with van der Waals surface area (Å²) in [5, 5.41) is 3.78. The second-order valence-electron chi connectivity index (χ2n) is 6.42. The lowest BCUT2D eigenvalue weighted by Crippen LogP contribution is -2.53. The van der Waals surface area contributed by atoms with Crippen molar-refractivity contribution in [2.75, 3.05) is 12.3 Å². The van der Waals surface area contributed by atoms with Gasteiger partial charge in [-0.25, -0.2) is 0 Å². The van der Waals surface area contributed by atoms with Crippen molar-refractivity contribution >= 4 is 23.6 Å². The molecule has 2 fully saturated rings. The Morgan fingerprint density at radius 2 is 2.14 bits per heavy atom. The highest BCUT2D eigenvalue weighted by atomic mass is 32.2. The van der Waals surface area contributed by atoms with Gasteiger partial charge >= 0.3 is 0 Å². The van der Waals surface area contributed by atoms with E-state index in [1.165, 1.54) is 12.8 Å². The van der Waals surface area contributed by atoms with Gasteiger partial charge < -0.3 is 10.2 Å². The quantitative estimate of drug-likeness (QED) is 0.819. The van der Waals surface area contributed by atoms with Gasteiger partial charge in [0, 0.05) is 24.3 Å². The molecule has 120 valence electrons. The second-order valence-corrected chi connectivity index (χ2v) is 7.94. The topological polar surface area (TPSA) is 49.4 Å². The van der Waals surface area contributed by atoms with Crippen LogP contribution in [0.4, 0.5) is 0 Å². The largest absolute Gasteiger partial charge is 0.350 e. The Morgan fingerprint density at radius 1 is 1.38 bits per heavy atom. The van der Waals surface area contributed by atoms with E-state index < -0.39 is 0 Å². The SMILES string of the molecule is CCSC1CCCC1NC(=O)C(C(C)C)N1CCCC1=O. The Morgan fingerprint density at radius 3 is 2.71 bits per heavy atom. The van der Waals surface area contributed by atoms with Crippen molar-refractivity contribution in [2.45, 2.75) is 70.2 Å². The summed E-state index contributed by atoms with van der Waals surface area (Å²) in [7, 11) is 0. The fraction of sp³-hybridized carbons (Fsp3) is 0.875. The summed E-state index contributed by atoms with van der Waals surface area (Å²) in [4.78, 5) is 26.5. The molecule has 0 bridgehead atoms. The Kier molecular flexibility index (Phi) is 5.97. The molecule has 1 saturated heterocycles. The van der Waals surface area contributed by atoms with Gasteiger partial charge in [-0.05, 0) is 30.9 Å². The monoisotopic (exact) mass is 312 g/mol. The van der Waals surface area contributed by atoms with Crippen LogP contribution < -0.4 is 5.32 Å². The van der Waals surface area contributed by atoms with Gasteiger partial charge in [0.05, 0.1) is 0 Å². The maximum absolute atomic E-state index is 12.7. The van der Waals surface area contributed by atoms with Gasteiger partial charge in [-0.15, -0.1) is 0 Å². The van der Waals surface area contributed by atoms with E-state index in [-0.39, 0.29) is 29.8 Å². The molecule has 0 aromatic rings. The third-order valence-electron chi connectivity index (χ3n) is 4.51. The average molecular weight is 312 g/mol. The molecule has 1 aliphatic heterocycles. The molecule has 5 heteroatoms. The van der Waals surface area contributed by atoms with Gasteiger partial charge in [0.2, 0.25) is 11.8 Å². The zero-order valence-corrected chi connectivity index (χ0v) is 14.2. The Balaban J connectivity index is 2.00. The first-order valence-electron chi connectivity index (χ1n) is 8.26. The van der Waals surface area contributed by atoms with Crippen LogP contribution in [-0.4, -0.2) is 46.3 Å². The lowest BCUT2D eigenvalue weighted by molar-refractivity contribution is -0.139. The van der Waals surface area contributed by atoms with Crippen LogP contribution in [0.5, 0.6) is 0 Å². The van der Waals surface area contributed by atoms with E-state index in [4.69, 9.17) is 0 Å². The predicted molar refractivity (Wildman–Crippen MR) is 87.3 cm³/mol. The first-order chi connectivity index (χ1) is 10.0. The third-order valence-corrected chi connectivity index (χ3v) is 5.83. The molecule has 2 rings (SSSR count). The summed E-state index contributed by atoms with van der Waals surface area (Å²) in [6.45, 7) is 6.96. The second kappa shape index (κ2) is 7.52. The highest BCUT2D eigenvalue weighted by Crippen LogP contribution is 2.30. The Labute approximate surface area is 132 Å². The van der Waals surface area contributed by atoms with Gasteiger partial charge in [0.25, 0.3) is 0 Å². The molecule has 0 aromatic carbocycles. The number of carbonyl (C=O) groups excluding carboxylic acids is 2. The van der Waals surface area contributed by atoms with E-state index in [1.807, 2.05) is 25.6 Å². The molecule has 0 spiro atoms. The van der Waals surface area contributed by atoms with E-state index in [0.717, 1.165) is 25.1 Å². The zero-order chi connectivity index (χ0) is 15.4. The van der Waals surface area contributed by atoms with Crippen LogP contribution in [0, 0.1) is 5.92 Å². The number of nitrogens with one attached hydrogen (secondary N) is 1. The molecule has 0 aromatic heterocycles. The molecule has 2 amide bonds. The summed E-state index contributed by atoms with van der Waals surface area (Å²) < 4.78 is 0. The number of nitrogens with zero attached hydrogens (tertiary/aromatic N) is 1. The molecule has 1 aliphatic carbocycles. The number of thioether (sulfide) groups is 1. The summed E-state index contributed by atoms with van der Waals surface area (Å²) in [6, 6.07) is -0.0192. The van der Waals surface area contributed by atoms with Gasteiger partial charge in [0.1, 0.15) is 6.04 Å². The van der Waals surface area contributed by atoms with Crippen LogP contribution in [0.3, 0.4) is 0 Å². The maximum atomic E-state index is 12.7. The van der Waals surface area contributed by atoms with Crippen LogP contribution in [0.15, 0.2) is 0 Å². The van der Waals surface area contributed by atoms with Crippen molar-refractivity contribution < 1.29 is 9.59 Å². The van der Waals surface area contributed by atoms with Crippen molar-refractivity contribution in [1.82, 2.24) is 10.2 Å². The van der Waals surface area contributed by atoms with Crippen LogP contribution in [0.2, 0.25) is 0 Å². The first-order valence-corrected chi connectivity index (χ1v) is 9.31. The molecule has 21 heavy (non-hydrogen) atoms. The highest BCUT2D eigenvalue weighted by molar-refractivity contribution is 7.99. The van der Waals surface area contributed by atoms with E-state index in [9.17, 15) is 9.59 Å². The third kappa shape index (κ3) is 3.93. The van der Waals surface area contributed by atoms with E-state index in [1.54, 1.807) is 4.90 Å². The molecule has 1 saturated carbocycles. The standard InChI is InChI=1S/C16H28N2O2S/c1-4-21-13-8-5-7-12(13)17-16(20)15(11(2)3)18-10-6-9-14(18)19/h11-13,15H,4-10H2,1-3H3,(H,17,20). The predicted octanol–water partition coefficient (Wildman–Crippen LogP) is 2.42. The van der Waals surface area contributed by atoms with Crippen molar-refractivity contribution in [2.24, 2.45) is 5.92 Å². The normalized spacial score (nSPS) is 27.4. The van der Waals surface area contributed by atoms with Crippen LogP contribution >= 0.6 is 11.8 Å². The van der Waals surface area contributed by atoms with Gasteiger partial charge in [-0.2, -0.15) is 11.8 Å². The smallest absolute Gasteiger partial charge is 0.243 e. The van der Waals surface area contributed by atoms with E-state index in [0.29, 0.717) is 11.7 Å². The molecule has 3 unspecified atom stereocenters. The van der Waals surface area contributed by atoms with Crippen LogP contribution in [0.1, 0.15) is 52.9 Å². The van der Waals surface area contributed by atoms with E-state index >= 15 is 0 Å². The Bertz CT molecular complexity index is 386. The summed E-state index contributed by atoms with van der Waals surface area (Å²) >= 11 is 1.95. The fourth-order valence-corrected chi connectivity index (χ4v) is 4.74. The lowest BCUT2D eigenvalue weighted by atomic mass is 10.0. The van der Waals surface area contributed by atoms with Crippen molar-refractivity contribution in [3.05, 3.63) is 0 Å². The van der Waals surface area contributed by atoms with Crippen LogP contribution in [0.25, 0.3) is 0 Å². The van der Waals surface area contributed by atoms with E-state index in [2.05, 4.69) is 12.2 Å². The van der Waals surface area contributed by atoms with Gasteiger partial charge in [-0.3, -0.25) is 9.59 Å². The average Bonchev–Trinajstić information content (AvgIpc) is 3.01. The minimum Gasteiger partial charge on any atom is -0.350 e. The first kappa shape index (κ1) is 16.7. The maximum Gasteiger partial charge on any atom is 0.243 e. The number of carbonyl (C=O) groups is 2.